The normalized spacial score (nSPS) is 19.0. The number of H-pyrrole nitrogens is 1. The highest BCUT2D eigenvalue weighted by Gasteiger charge is 2.45. The highest BCUT2D eigenvalue weighted by atomic mass is 19.1. The van der Waals surface area contributed by atoms with Crippen LogP contribution < -0.4 is 5.56 Å². The molecule has 1 aliphatic rings. The van der Waals surface area contributed by atoms with Crippen molar-refractivity contribution in [2.24, 2.45) is 5.41 Å². The van der Waals surface area contributed by atoms with Crippen molar-refractivity contribution < 1.29 is 23.0 Å². The van der Waals surface area contributed by atoms with Crippen LogP contribution in [0.2, 0.25) is 0 Å². The molecule has 5 rings (SSSR count). The number of pyridine rings is 1. The summed E-state index contributed by atoms with van der Waals surface area (Å²) >= 11 is 0. The van der Waals surface area contributed by atoms with Gasteiger partial charge in [-0.15, -0.1) is 0 Å². The summed E-state index contributed by atoms with van der Waals surface area (Å²) in [6, 6.07) is 11.4. The molecule has 0 amide bonds. The van der Waals surface area contributed by atoms with E-state index in [1.165, 1.54) is 25.3 Å². The summed E-state index contributed by atoms with van der Waals surface area (Å²) < 4.78 is 43.1. The lowest BCUT2D eigenvalue weighted by Crippen LogP contribution is -2.31. The number of hydrogen-bond acceptors (Lipinski definition) is 5. The van der Waals surface area contributed by atoms with E-state index in [4.69, 9.17) is 9.47 Å². The van der Waals surface area contributed by atoms with E-state index in [1.807, 2.05) is 18.4 Å². The Hall–Kier alpha value is -3.85. The summed E-state index contributed by atoms with van der Waals surface area (Å²) in [4.78, 5) is 30.7. The second kappa shape index (κ2) is 8.98. The molecule has 2 unspecified atom stereocenters. The number of carbonyl (C=O) groups is 1. The Morgan fingerprint density at radius 1 is 1.19 bits per heavy atom. The quantitative estimate of drug-likeness (QED) is 0.409. The summed E-state index contributed by atoms with van der Waals surface area (Å²) in [5.41, 5.74) is 1.41. The molecular formula is C27H25F2N3O4. The number of ether oxygens (including phenoxy) is 2. The molecule has 0 radical (unpaired) electrons. The molecule has 4 aromatic rings. The number of aromatic amines is 1. The van der Waals surface area contributed by atoms with Crippen molar-refractivity contribution in [1.29, 1.82) is 0 Å². The van der Waals surface area contributed by atoms with Crippen LogP contribution >= 0.6 is 0 Å². The van der Waals surface area contributed by atoms with Crippen LogP contribution in [-0.2, 0) is 15.9 Å². The van der Waals surface area contributed by atoms with Crippen molar-refractivity contribution in [3.05, 3.63) is 88.0 Å². The van der Waals surface area contributed by atoms with Gasteiger partial charge in [-0.2, -0.15) is 0 Å². The summed E-state index contributed by atoms with van der Waals surface area (Å²) in [5, 5.41) is 0. The summed E-state index contributed by atoms with van der Waals surface area (Å²) in [7, 11) is 1.32. The zero-order chi connectivity index (χ0) is 25.6. The lowest BCUT2D eigenvalue weighted by Gasteiger charge is -2.30. The standard InChI is InChI=1S/C27H25F2N3O4/c1-27(2)13-36-23(25(27)32-14-30-21-8-7-15(10-22(21)32)26(34)35-3)11-16-9-19(29)17(12-18(16)28)20-5-4-6-24(33)31-20/h4-10,12,14,23,25H,11,13H2,1-3H3,(H,31,33). The van der Waals surface area contributed by atoms with Gasteiger partial charge in [0.2, 0.25) is 5.56 Å². The minimum absolute atomic E-state index is 0.0193. The van der Waals surface area contributed by atoms with Crippen LogP contribution in [0, 0.1) is 17.0 Å². The first-order chi connectivity index (χ1) is 17.2. The van der Waals surface area contributed by atoms with Gasteiger partial charge in [0, 0.05) is 23.5 Å². The van der Waals surface area contributed by atoms with Crippen LogP contribution in [0.5, 0.6) is 0 Å². The molecule has 0 spiro atoms. The fourth-order valence-electron chi connectivity index (χ4n) is 4.99. The molecule has 0 aliphatic carbocycles. The minimum Gasteiger partial charge on any atom is -0.465 e. The predicted octanol–water partition coefficient (Wildman–Crippen LogP) is 4.67. The third-order valence-electron chi connectivity index (χ3n) is 6.73. The number of fused-ring (bicyclic) bond motifs is 1. The second-order valence-corrected chi connectivity index (χ2v) is 9.69. The summed E-state index contributed by atoms with van der Waals surface area (Å²) in [6.45, 7) is 4.49. The van der Waals surface area contributed by atoms with Gasteiger partial charge in [0.05, 0.1) is 54.5 Å². The van der Waals surface area contributed by atoms with Crippen LogP contribution in [0.4, 0.5) is 8.78 Å². The molecule has 1 N–H and O–H groups in total. The first-order valence-electron chi connectivity index (χ1n) is 11.5. The predicted molar refractivity (Wildman–Crippen MR) is 130 cm³/mol. The average molecular weight is 494 g/mol. The molecule has 0 saturated carbocycles. The van der Waals surface area contributed by atoms with E-state index in [2.05, 4.69) is 9.97 Å². The number of rotatable bonds is 5. The largest absolute Gasteiger partial charge is 0.465 e. The summed E-state index contributed by atoms with van der Waals surface area (Å²) in [6.07, 6.45) is 1.33. The third kappa shape index (κ3) is 4.19. The summed E-state index contributed by atoms with van der Waals surface area (Å²) in [5.74, 6) is -1.69. The first-order valence-corrected chi connectivity index (χ1v) is 11.5. The fraction of sp³-hybridized carbons (Fsp3) is 0.296. The lowest BCUT2D eigenvalue weighted by atomic mass is 9.82. The Labute approximate surface area is 205 Å². The number of nitrogens with one attached hydrogen (secondary N) is 1. The SMILES string of the molecule is COC(=O)c1ccc2ncn(C3C(Cc4cc(F)c(-c5cccc(=O)[nH]5)cc4F)OCC3(C)C)c2c1. The zero-order valence-electron chi connectivity index (χ0n) is 20.0. The number of esters is 1. The number of halogens is 2. The molecule has 3 heterocycles. The maximum absolute atomic E-state index is 15.2. The van der Waals surface area contributed by atoms with E-state index in [-0.39, 0.29) is 34.7 Å². The van der Waals surface area contributed by atoms with Crippen molar-refractivity contribution in [3.8, 4) is 11.3 Å². The minimum atomic E-state index is -0.641. The lowest BCUT2D eigenvalue weighted by molar-refractivity contribution is 0.0601. The molecule has 2 aromatic heterocycles. The maximum Gasteiger partial charge on any atom is 0.337 e. The monoisotopic (exact) mass is 493 g/mol. The average Bonchev–Trinajstić information content (AvgIpc) is 3.39. The van der Waals surface area contributed by atoms with Crippen molar-refractivity contribution in [1.82, 2.24) is 14.5 Å². The van der Waals surface area contributed by atoms with E-state index in [9.17, 15) is 9.59 Å². The van der Waals surface area contributed by atoms with Gasteiger partial charge in [-0.3, -0.25) is 4.79 Å². The van der Waals surface area contributed by atoms with Crippen molar-refractivity contribution in [3.63, 3.8) is 0 Å². The fourth-order valence-corrected chi connectivity index (χ4v) is 4.99. The van der Waals surface area contributed by atoms with Gasteiger partial charge in [0.1, 0.15) is 11.6 Å². The molecule has 1 aliphatic heterocycles. The van der Waals surface area contributed by atoms with Gasteiger partial charge in [-0.25, -0.2) is 18.6 Å². The Balaban J connectivity index is 1.51. The van der Waals surface area contributed by atoms with Crippen molar-refractivity contribution >= 4 is 17.0 Å². The van der Waals surface area contributed by atoms with Crippen LogP contribution in [0.1, 0.15) is 35.8 Å². The molecule has 9 heteroatoms. The highest BCUT2D eigenvalue weighted by Crippen LogP contribution is 2.44. The number of nitrogens with zero attached hydrogens (tertiary/aromatic N) is 2. The van der Waals surface area contributed by atoms with E-state index in [1.54, 1.807) is 24.5 Å². The van der Waals surface area contributed by atoms with Gasteiger partial charge >= 0.3 is 5.97 Å². The van der Waals surface area contributed by atoms with Gasteiger partial charge in [-0.1, -0.05) is 19.9 Å². The number of imidazole rings is 1. The Morgan fingerprint density at radius 3 is 2.75 bits per heavy atom. The second-order valence-electron chi connectivity index (χ2n) is 9.69. The number of hydrogen-bond donors (Lipinski definition) is 1. The van der Waals surface area contributed by atoms with E-state index in [0.717, 1.165) is 17.6 Å². The van der Waals surface area contributed by atoms with E-state index >= 15 is 8.78 Å². The van der Waals surface area contributed by atoms with Crippen molar-refractivity contribution in [2.45, 2.75) is 32.4 Å². The number of methoxy groups -OCH3 is 1. The van der Waals surface area contributed by atoms with Gasteiger partial charge in [0.15, 0.2) is 0 Å². The molecule has 7 nitrogen and oxygen atoms in total. The molecule has 186 valence electrons. The smallest absolute Gasteiger partial charge is 0.337 e. The third-order valence-corrected chi connectivity index (χ3v) is 6.73. The molecule has 2 aromatic carbocycles. The molecule has 1 fully saturated rings. The number of benzene rings is 2. The van der Waals surface area contributed by atoms with Crippen molar-refractivity contribution in [2.75, 3.05) is 13.7 Å². The zero-order valence-corrected chi connectivity index (χ0v) is 20.0. The van der Waals surface area contributed by atoms with E-state index < -0.39 is 29.3 Å². The van der Waals surface area contributed by atoms with Gasteiger partial charge in [0.25, 0.3) is 0 Å². The topological polar surface area (TPSA) is 86.2 Å². The molecule has 1 saturated heterocycles. The van der Waals surface area contributed by atoms with Crippen LogP contribution in [0.25, 0.3) is 22.3 Å². The van der Waals surface area contributed by atoms with E-state index in [0.29, 0.717) is 17.7 Å². The Morgan fingerprint density at radius 2 is 2.00 bits per heavy atom. The highest BCUT2D eigenvalue weighted by molar-refractivity contribution is 5.93. The first kappa shape index (κ1) is 23.9. The van der Waals surface area contributed by atoms with Crippen LogP contribution in [0.15, 0.2) is 59.7 Å². The molecule has 0 bridgehead atoms. The number of aromatic nitrogens is 3. The Bertz CT molecular complexity index is 1530. The maximum atomic E-state index is 15.2. The van der Waals surface area contributed by atoms with Gasteiger partial charge < -0.3 is 19.0 Å². The molecular weight excluding hydrogens is 468 g/mol. The van der Waals surface area contributed by atoms with Crippen LogP contribution in [-0.4, -0.2) is 40.3 Å². The molecule has 2 atom stereocenters. The van der Waals surface area contributed by atoms with Crippen LogP contribution in [0.3, 0.4) is 0 Å². The Kier molecular flexibility index (Phi) is 5.96. The van der Waals surface area contributed by atoms with Gasteiger partial charge in [-0.05, 0) is 42.0 Å². The number of carbonyl (C=O) groups excluding carboxylic acids is 1. The molecule has 36 heavy (non-hydrogen) atoms.